The molecule has 0 heterocycles. The predicted molar refractivity (Wildman–Crippen MR) is 116 cm³/mol. The van der Waals surface area contributed by atoms with E-state index in [1.807, 2.05) is 24.3 Å². The molecule has 0 spiro atoms. The Hall–Kier alpha value is -3.07. The zero-order chi connectivity index (χ0) is 20.5. The fraction of sp³-hybridized carbons (Fsp3) is 0.269. The zero-order valence-electron chi connectivity index (χ0n) is 17.2. The average Bonchev–Trinajstić information content (AvgIpc) is 2.76. The molecule has 29 heavy (non-hydrogen) atoms. The third-order valence-electron chi connectivity index (χ3n) is 6.09. The minimum absolute atomic E-state index is 0.0721. The van der Waals surface area contributed by atoms with E-state index >= 15 is 0 Å². The van der Waals surface area contributed by atoms with Gasteiger partial charge in [-0.25, -0.2) is 4.79 Å². The number of rotatable bonds is 4. The number of methoxy groups -OCH3 is 1. The van der Waals surface area contributed by atoms with Gasteiger partial charge in [0.25, 0.3) is 0 Å². The number of hydrogen-bond acceptors (Lipinski definition) is 3. The van der Waals surface area contributed by atoms with Crippen molar-refractivity contribution in [1.29, 1.82) is 0 Å². The molecule has 1 unspecified atom stereocenters. The number of phenolic OH excluding ortho intramolecular Hbond substituents is 1. The van der Waals surface area contributed by atoms with Crippen LogP contribution in [0.4, 0.5) is 0 Å². The Bertz CT molecular complexity index is 1070. The van der Waals surface area contributed by atoms with E-state index in [2.05, 4.69) is 44.2 Å². The van der Waals surface area contributed by atoms with Gasteiger partial charge in [-0.1, -0.05) is 67.9 Å². The number of benzene rings is 3. The molecule has 0 amide bonds. The summed E-state index contributed by atoms with van der Waals surface area (Å²) in [6.07, 6.45) is 2.42. The molecule has 4 rings (SSSR count). The van der Waals surface area contributed by atoms with Gasteiger partial charge in [0, 0.05) is 11.5 Å². The summed E-state index contributed by atoms with van der Waals surface area (Å²) in [6.45, 7) is 4.15. The fourth-order valence-electron chi connectivity index (χ4n) is 4.70. The van der Waals surface area contributed by atoms with Crippen molar-refractivity contribution in [2.24, 2.45) is 0 Å². The molecule has 3 aromatic rings. The summed E-state index contributed by atoms with van der Waals surface area (Å²) >= 11 is 0. The molecule has 0 aliphatic heterocycles. The molecule has 148 valence electrons. The molecule has 1 atom stereocenters. The van der Waals surface area contributed by atoms with Crippen LogP contribution in [0.3, 0.4) is 0 Å². The van der Waals surface area contributed by atoms with E-state index in [1.54, 1.807) is 0 Å². The van der Waals surface area contributed by atoms with Crippen LogP contribution < -0.4 is 0 Å². The SMILES string of the molecule is CCCc1c(C)c2c(c(C(=O)OC)c1O)-c1ccccc1C(c1ccccc1)C2. The van der Waals surface area contributed by atoms with Crippen LogP contribution in [0.2, 0.25) is 0 Å². The molecule has 1 aliphatic rings. The number of carbonyl (C=O) groups excluding carboxylic acids is 1. The maximum atomic E-state index is 12.8. The Morgan fingerprint density at radius 1 is 1.10 bits per heavy atom. The highest BCUT2D eigenvalue weighted by molar-refractivity contribution is 6.03. The van der Waals surface area contributed by atoms with Gasteiger partial charge >= 0.3 is 5.97 Å². The molecule has 0 fully saturated rings. The second kappa shape index (κ2) is 7.75. The van der Waals surface area contributed by atoms with Gasteiger partial charge in [-0.05, 0) is 53.1 Å². The van der Waals surface area contributed by atoms with E-state index in [0.717, 1.165) is 47.1 Å². The lowest BCUT2D eigenvalue weighted by molar-refractivity contribution is 0.0598. The van der Waals surface area contributed by atoms with Crippen molar-refractivity contribution in [2.75, 3.05) is 7.11 Å². The molecule has 3 heteroatoms. The summed E-state index contributed by atoms with van der Waals surface area (Å²) in [4.78, 5) is 12.8. The number of phenols is 1. The van der Waals surface area contributed by atoms with Crippen LogP contribution in [-0.4, -0.2) is 18.2 Å². The second-order valence-corrected chi connectivity index (χ2v) is 7.68. The summed E-state index contributed by atoms with van der Waals surface area (Å²) in [5, 5.41) is 11.1. The standard InChI is InChI=1S/C26H26O3/c1-4-10-18-16(2)21-15-22(17-11-6-5-7-12-17)19-13-8-9-14-20(19)23(21)24(25(18)27)26(28)29-3/h5-9,11-14,22,27H,4,10,15H2,1-3H3. The quantitative estimate of drug-likeness (QED) is 0.577. The molecule has 0 bridgehead atoms. The van der Waals surface area contributed by atoms with E-state index in [0.29, 0.717) is 5.56 Å². The monoisotopic (exact) mass is 386 g/mol. The number of esters is 1. The topological polar surface area (TPSA) is 46.5 Å². The maximum absolute atomic E-state index is 12.8. The predicted octanol–water partition coefficient (Wildman–Crippen LogP) is 5.79. The third kappa shape index (κ3) is 3.11. The van der Waals surface area contributed by atoms with Crippen molar-refractivity contribution < 1.29 is 14.6 Å². The average molecular weight is 386 g/mol. The molecule has 0 radical (unpaired) electrons. The summed E-state index contributed by atoms with van der Waals surface area (Å²) in [6, 6.07) is 18.7. The first-order valence-corrected chi connectivity index (χ1v) is 10.2. The number of fused-ring (bicyclic) bond motifs is 3. The van der Waals surface area contributed by atoms with Crippen LogP contribution in [0.1, 0.15) is 57.4 Å². The van der Waals surface area contributed by atoms with Crippen LogP contribution in [0.5, 0.6) is 5.75 Å². The van der Waals surface area contributed by atoms with Crippen molar-refractivity contribution in [3.05, 3.63) is 88.0 Å². The van der Waals surface area contributed by atoms with Crippen LogP contribution in [0.15, 0.2) is 54.6 Å². The molecule has 0 saturated carbocycles. The molecule has 1 aliphatic carbocycles. The number of carbonyl (C=O) groups is 1. The Kier molecular flexibility index (Phi) is 5.14. The lowest BCUT2D eigenvalue weighted by atomic mass is 9.72. The Morgan fingerprint density at radius 2 is 1.79 bits per heavy atom. The first-order chi connectivity index (χ1) is 14.1. The highest BCUT2D eigenvalue weighted by Gasteiger charge is 2.34. The van der Waals surface area contributed by atoms with E-state index in [1.165, 1.54) is 18.2 Å². The highest BCUT2D eigenvalue weighted by Crippen LogP contribution is 2.49. The van der Waals surface area contributed by atoms with Gasteiger partial charge in [0.15, 0.2) is 0 Å². The molecule has 0 saturated heterocycles. The molecule has 1 N–H and O–H groups in total. The van der Waals surface area contributed by atoms with Crippen LogP contribution in [0, 0.1) is 6.92 Å². The van der Waals surface area contributed by atoms with Crippen LogP contribution >= 0.6 is 0 Å². The van der Waals surface area contributed by atoms with Gasteiger partial charge in [0.2, 0.25) is 0 Å². The first-order valence-electron chi connectivity index (χ1n) is 10.2. The van der Waals surface area contributed by atoms with Gasteiger partial charge in [0.05, 0.1) is 7.11 Å². The second-order valence-electron chi connectivity index (χ2n) is 7.68. The van der Waals surface area contributed by atoms with E-state index in [9.17, 15) is 9.90 Å². The Morgan fingerprint density at radius 3 is 2.48 bits per heavy atom. The lowest BCUT2D eigenvalue weighted by Crippen LogP contribution is -2.18. The number of hydrogen-bond donors (Lipinski definition) is 1. The normalized spacial score (nSPS) is 14.8. The summed E-state index contributed by atoms with van der Waals surface area (Å²) in [5.41, 5.74) is 7.65. The lowest BCUT2D eigenvalue weighted by Gasteiger charge is -2.32. The van der Waals surface area contributed by atoms with Gasteiger partial charge in [-0.2, -0.15) is 0 Å². The largest absolute Gasteiger partial charge is 0.507 e. The van der Waals surface area contributed by atoms with Crippen molar-refractivity contribution in [2.45, 2.75) is 39.0 Å². The van der Waals surface area contributed by atoms with Crippen LogP contribution in [-0.2, 0) is 17.6 Å². The van der Waals surface area contributed by atoms with Crippen molar-refractivity contribution in [3.8, 4) is 16.9 Å². The first kappa shape index (κ1) is 19.3. The number of aromatic hydroxyl groups is 1. The number of ether oxygens (including phenoxy) is 1. The molecular weight excluding hydrogens is 360 g/mol. The summed E-state index contributed by atoms with van der Waals surface area (Å²) in [7, 11) is 1.37. The van der Waals surface area contributed by atoms with Gasteiger partial charge in [-0.15, -0.1) is 0 Å². The molecule has 3 nitrogen and oxygen atoms in total. The maximum Gasteiger partial charge on any atom is 0.342 e. The van der Waals surface area contributed by atoms with Crippen molar-refractivity contribution >= 4 is 5.97 Å². The van der Waals surface area contributed by atoms with Gasteiger partial charge < -0.3 is 9.84 Å². The molecular formula is C26H26O3. The zero-order valence-corrected chi connectivity index (χ0v) is 17.2. The van der Waals surface area contributed by atoms with Gasteiger partial charge in [0.1, 0.15) is 11.3 Å². The fourth-order valence-corrected chi connectivity index (χ4v) is 4.70. The third-order valence-corrected chi connectivity index (χ3v) is 6.09. The van der Waals surface area contributed by atoms with Crippen LogP contribution in [0.25, 0.3) is 11.1 Å². The highest BCUT2D eigenvalue weighted by atomic mass is 16.5. The smallest absolute Gasteiger partial charge is 0.342 e. The van der Waals surface area contributed by atoms with Crippen molar-refractivity contribution in [1.82, 2.24) is 0 Å². The molecule has 3 aromatic carbocycles. The Labute approximate surface area is 172 Å². The van der Waals surface area contributed by atoms with E-state index < -0.39 is 5.97 Å². The Balaban J connectivity index is 2.05. The summed E-state index contributed by atoms with van der Waals surface area (Å²) in [5.74, 6) is -0.199. The van der Waals surface area contributed by atoms with Gasteiger partial charge in [-0.3, -0.25) is 0 Å². The van der Waals surface area contributed by atoms with E-state index in [4.69, 9.17) is 4.74 Å². The van der Waals surface area contributed by atoms with Crippen molar-refractivity contribution in [3.63, 3.8) is 0 Å². The molecule has 0 aromatic heterocycles. The minimum Gasteiger partial charge on any atom is -0.507 e. The summed E-state index contributed by atoms with van der Waals surface area (Å²) < 4.78 is 5.08. The minimum atomic E-state index is -0.482. The van der Waals surface area contributed by atoms with E-state index in [-0.39, 0.29) is 11.7 Å².